The molecule has 2 aromatic rings. The second-order valence-electron chi connectivity index (χ2n) is 4.40. The van der Waals surface area contributed by atoms with E-state index in [2.05, 4.69) is 54.3 Å². The van der Waals surface area contributed by atoms with Gasteiger partial charge in [0.2, 0.25) is 0 Å². The highest BCUT2D eigenvalue weighted by molar-refractivity contribution is 9.13. The lowest BCUT2D eigenvalue weighted by Gasteiger charge is -2.12. The zero-order valence-corrected chi connectivity index (χ0v) is 14.0. The van der Waals surface area contributed by atoms with Crippen molar-refractivity contribution in [2.24, 2.45) is 0 Å². The van der Waals surface area contributed by atoms with Crippen LogP contribution < -0.4 is 10.2 Å². The lowest BCUT2D eigenvalue weighted by Crippen LogP contribution is -2.10. The maximum Gasteiger partial charge on any atom is 0.128 e. The van der Waals surface area contributed by atoms with Crippen molar-refractivity contribution in [3.05, 3.63) is 51.0 Å². The Morgan fingerprint density at radius 2 is 1.89 bits per heavy atom. The third-order valence-corrected chi connectivity index (χ3v) is 4.57. The van der Waals surface area contributed by atoms with Crippen molar-refractivity contribution in [2.45, 2.75) is 6.54 Å². The molecule has 0 saturated heterocycles. The number of hydrogen-bond donors (Lipinski definition) is 1. The largest absolute Gasteiger partial charge is 0.380 e. The van der Waals surface area contributed by atoms with Gasteiger partial charge in [0.05, 0.1) is 11.9 Å². The topological polar surface area (TPSA) is 28.2 Å². The summed E-state index contributed by atoms with van der Waals surface area (Å²) >= 11 is 6.97. The van der Waals surface area contributed by atoms with Crippen LogP contribution in [0, 0.1) is 0 Å². The van der Waals surface area contributed by atoms with Crippen molar-refractivity contribution in [3.8, 4) is 0 Å². The molecule has 0 aliphatic heterocycles. The van der Waals surface area contributed by atoms with Gasteiger partial charge < -0.3 is 10.2 Å². The Balaban J connectivity index is 2.00. The van der Waals surface area contributed by atoms with E-state index in [1.54, 1.807) is 0 Å². The fourth-order valence-corrected chi connectivity index (χ4v) is 2.28. The molecule has 0 aliphatic rings. The summed E-state index contributed by atoms with van der Waals surface area (Å²) in [6, 6.07) is 10.3. The van der Waals surface area contributed by atoms with E-state index in [4.69, 9.17) is 0 Å². The Labute approximate surface area is 130 Å². The fourth-order valence-electron chi connectivity index (χ4n) is 1.61. The van der Waals surface area contributed by atoms with Gasteiger partial charge >= 0.3 is 0 Å². The smallest absolute Gasteiger partial charge is 0.128 e. The Hall–Kier alpha value is -1.07. The van der Waals surface area contributed by atoms with Gasteiger partial charge in [0, 0.05) is 29.6 Å². The average Bonchev–Trinajstić information content (AvgIpc) is 2.40. The Morgan fingerprint density at radius 3 is 2.47 bits per heavy atom. The quantitative estimate of drug-likeness (QED) is 0.852. The molecule has 2 rings (SSSR count). The predicted octanol–water partition coefficient (Wildman–Crippen LogP) is 4.28. The highest BCUT2D eigenvalue weighted by atomic mass is 79.9. The fraction of sp³-hybridized carbons (Fsp3) is 0.214. The number of aromatic nitrogens is 1. The zero-order valence-electron chi connectivity index (χ0n) is 10.8. The van der Waals surface area contributed by atoms with Crippen LogP contribution in [0.4, 0.5) is 11.5 Å². The van der Waals surface area contributed by atoms with Gasteiger partial charge in [-0.15, -0.1) is 0 Å². The van der Waals surface area contributed by atoms with E-state index in [1.165, 1.54) is 5.56 Å². The highest BCUT2D eigenvalue weighted by Gasteiger charge is 2.00. The minimum Gasteiger partial charge on any atom is -0.380 e. The molecular formula is C14H15Br2N3. The molecule has 1 aromatic heterocycles. The van der Waals surface area contributed by atoms with E-state index in [-0.39, 0.29) is 0 Å². The first kappa shape index (κ1) is 14.3. The Kier molecular flexibility index (Phi) is 4.82. The van der Waals surface area contributed by atoms with Gasteiger partial charge in [-0.05, 0) is 61.7 Å². The molecule has 3 nitrogen and oxygen atoms in total. The minimum atomic E-state index is 0.773. The minimum absolute atomic E-state index is 0.773. The molecule has 0 saturated carbocycles. The van der Waals surface area contributed by atoms with Crippen molar-refractivity contribution in [2.75, 3.05) is 24.3 Å². The molecule has 0 fully saturated rings. The third-order valence-electron chi connectivity index (χ3n) is 2.69. The maximum atomic E-state index is 4.37. The third kappa shape index (κ3) is 3.94. The van der Waals surface area contributed by atoms with E-state index in [1.807, 2.05) is 43.4 Å². The molecule has 0 aliphatic carbocycles. The molecule has 1 aromatic carbocycles. The zero-order chi connectivity index (χ0) is 13.8. The summed E-state index contributed by atoms with van der Waals surface area (Å²) in [5.74, 6) is 0.955. The summed E-state index contributed by atoms with van der Waals surface area (Å²) in [7, 11) is 3.96. The van der Waals surface area contributed by atoms with Crippen LogP contribution >= 0.6 is 31.9 Å². The molecule has 0 spiro atoms. The van der Waals surface area contributed by atoms with Gasteiger partial charge in [0.15, 0.2) is 0 Å². The van der Waals surface area contributed by atoms with Gasteiger partial charge in [0.25, 0.3) is 0 Å². The van der Waals surface area contributed by atoms with Crippen LogP contribution in [0.5, 0.6) is 0 Å². The lowest BCUT2D eigenvalue weighted by atomic mass is 10.2. The molecule has 0 bridgehead atoms. The van der Waals surface area contributed by atoms with Gasteiger partial charge in [0.1, 0.15) is 5.82 Å². The second-order valence-corrected chi connectivity index (χ2v) is 6.11. The van der Waals surface area contributed by atoms with Crippen molar-refractivity contribution >= 4 is 43.4 Å². The van der Waals surface area contributed by atoms with Crippen molar-refractivity contribution in [1.82, 2.24) is 4.98 Å². The summed E-state index contributed by atoms with van der Waals surface area (Å²) in [4.78, 5) is 6.35. The van der Waals surface area contributed by atoms with Gasteiger partial charge in [-0.2, -0.15) is 0 Å². The summed E-state index contributed by atoms with van der Waals surface area (Å²) in [6.07, 6.45) is 1.85. The number of pyridine rings is 1. The van der Waals surface area contributed by atoms with E-state index in [9.17, 15) is 0 Å². The lowest BCUT2D eigenvalue weighted by molar-refractivity contribution is 1.06. The number of rotatable bonds is 4. The number of anilines is 2. The number of benzene rings is 1. The predicted molar refractivity (Wildman–Crippen MR) is 87.7 cm³/mol. The van der Waals surface area contributed by atoms with Gasteiger partial charge in [-0.3, -0.25) is 0 Å². The van der Waals surface area contributed by atoms with Crippen LogP contribution in [0.25, 0.3) is 0 Å². The van der Waals surface area contributed by atoms with Crippen molar-refractivity contribution in [3.63, 3.8) is 0 Å². The standard InChI is InChI=1S/C14H15Br2N3/c1-19(2)14-6-4-11(9-18-14)17-8-10-3-5-12(15)13(16)7-10/h3-7,9,17H,8H2,1-2H3. The van der Waals surface area contributed by atoms with Crippen LogP contribution in [0.15, 0.2) is 45.5 Å². The van der Waals surface area contributed by atoms with Crippen LogP contribution in [-0.2, 0) is 6.54 Å². The monoisotopic (exact) mass is 383 g/mol. The van der Waals surface area contributed by atoms with Crippen molar-refractivity contribution in [1.29, 1.82) is 0 Å². The molecule has 0 atom stereocenters. The Bertz CT molecular complexity index is 553. The molecule has 1 heterocycles. The van der Waals surface area contributed by atoms with Crippen molar-refractivity contribution < 1.29 is 0 Å². The first-order valence-corrected chi connectivity index (χ1v) is 7.46. The number of nitrogens with one attached hydrogen (secondary N) is 1. The molecule has 0 radical (unpaired) electrons. The number of hydrogen-bond acceptors (Lipinski definition) is 3. The molecule has 100 valence electrons. The van der Waals surface area contributed by atoms with Crippen LogP contribution in [-0.4, -0.2) is 19.1 Å². The molecule has 1 N–H and O–H groups in total. The molecule has 5 heteroatoms. The maximum absolute atomic E-state index is 4.37. The van der Waals surface area contributed by atoms with Crippen LogP contribution in [0.3, 0.4) is 0 Å². The van der Waals surface area contributed by atoms with E-state index < -0.39 is 0 Å². The molecule has 0 unspecified atom stereocenters. The second kappa shape index (κ2) is 6.39. The number of halogens is 2. The first-order chi connectivity index (χ1) is 9.06. The van der Waals surface area contributed by atoms with E-state index in [0.717, 1.165) is 27.0 Å². The average molecular weight is 385 g/mol. The highest BCUT2D eigenvalue weighted by Crippen LogP contribution is 2.24. The summed E-state index contributed by atoms with van der Waals surface area (Å²) in [6.45, 7) is 0.773. The van der Waals surface area contributed by atoms with Crippen LogP contribution in [0.2, 0.25) is 0 Å². The van der Waals surface area contributed by atoms with E-state index in [0.29, 0.717) is 0 Å². The normalized spacial score (nSPS) is 10.3. The molecule has 0 amide bonds. The first-order valence-electron chi connectivity index (χ1n) is 5.87. The number of nitrogens with zero attached hydrogens (tertiary/aromatic N) is 2. The summed E-state index contributed by atoms with van der Waals surface area (Å²) in [5, 5.41) is 3.36. The molecule has 19 heavy (non-hydrogen) atoms. The van der Waals surface area contributed by atoms with Crippen LogP contribution in [0.1, 0.15) is 5.56 Å². The Morgan fingerprint density at radius 1 is 1.11 bits per heavy atom. The van der Waals surface area contributed by atoms with Gasteiger partial charge in [-0.1, -0.05) is 6.07 Å². The summed E-state index contributed by atoms with van der Waals surface area (Å²) < 4.78 is 2.13. The summed E-state index contributed by atoms with van der Waals surface area (Å²) in [5.41, 5.74) is 2.23. The molecular weight excluding hydrogens is 370 g/mol. The SMILES string of the molecule is CN(C)c1ccc(NCc2ccc(Br)c(Br)c2)cn1. The van der Waals surface area contributed by atoms with Gasteiger partial charge in [-0.25, -0.2) is 4.98 Å². The van der Waals surface area contributed by atoms with E-state index >= 15 is 0 Å².